The van der Waals surface area contributed by atoms with Gasteiger partial charge in [-0.15, -0.1) is 26.3 Å². The third-order valence-corrected chi connectivity index (χ3v) is 13.0. The summed E-state index contributed by atoms with van der Waals surface area (Å²) in [4.78, 5) is 0. The highest BCUT2D eigenvalue weighted by Gasteiger charge is 2.34. The lowest BCUT2D eigenvalue weighted by Gasteiger charge is -2.15. The van der Waals surface area contributed by atoms with E-state index in [-0.39, 0.29) is 11.5 Å². The molecule has 14 heteroatoms. The smallest absolute Gasteiger partial charge is 0.404 e. The van der Waals surface area contributed by atoms with Crippen molar-refractivity contribution in [2.45, 2.75) is 19.1 Å². The van der Waals surface area contributed by atoms with E-state index in [1.807, 2.05) is 115 Å². The van der Waals surface area contributed by atoms with Crippen LogP contribution in [0, 0.1) is 21.4 Å². The van der Waals surface area contributed by atoms with E-state index in [0.29, 0.717) is 14.3 Å². The molecule has 0 saturated carbocycles. The minimum atomic E-state index is -4.76. The molecule has 6 rings (SSSR count). The van der Waals surface area contributed by atoms with Crippen LogP contribution in [-0.4, -0.2) is 12.7 Å². The summed E-state index contributed by atoms with van der Waals surface area (Å²) >= 11 is 12.0. The molecule has 6 aromatic carbocycles. The fraction of sp³-hybridized carbons (Fsp3) is 0.0769. The van der Waals surface area contributed by atoms with Crippen LogP contribution < -0.4 is 9.47 Å². The van der Waals surface area contributed by atoms with Gasteiger partial charge in [0.15, 0.2) is 11.5 Å². The minimum absolute atomic E-state index is 0.189. The maximum Gasteiger partial charge on any atom is 0.573 e. The van der Waals surface area contributed by atoms with Gasteiger partial charge in [0.1, 0.15) is 0 Å². The Bertz CT molecular complexity index is 2100. The standard InChI is InChI=1S/C39H20F6I6O2/c40-38(41,42)52-36-32(48)16-26(17-33(36)49)28-11-9-24(14-30(28)46)22-5-1-20(2-6-22)13-21-3-7-23(8-4-21)25-10-12-29(31(47)15-25)27-18-34(50)37(35(51)19-27)53-39(43,44)45/h1-12,14-19H,13H2. The molecule has 0 aliphatic carbocycles. The molecular formula is C39H20F6I6O2. The second-order valence-electron chi connectivity index (χ2n) is 11.6. The van der Waals surface area contributed by atoms with Crippen molar-refractivity contribution < 1.29 is 35.8 Å². The van der Waals surface area contributed by atoms with Gasteiger partial charge in [-0.3, -0.25) is 0 Å². The molecule has 0 aliphatic heterocycles. The van der Waals surface area contributed by atoms with Crippen molar-refractivity contribution in [3.63, 3.8) is 0 Å². The molecule has 0 aliphatic rings. The Morgan fingerprint density at radius 2 is 0.642 bits per heavy atom. The summed E-state index contributed by atoms with van der Waals surface area (Å²) in [7, 11) is 0. The van der Waals surface area contributed by atoms with E-state index in [0.717, 1.165) is 69.2 Å². The molecule has 6 aromatic rings. The van der Waals surface area contributed by atoms with E-state index in [2.05, 4.69) is 115 Å². The molecule has 0 aromatic heterocycles. The Labute approximate surface area is 383 Å². The highest BCUT2D eigenvalue weighted by Crippen LogP contribution is 2.40. The van der Waals surface area contributed by atoms with E-state index in [9.17, 15) is 26.3 Å². The van der Waals surface area contributed by atoms with Crippen molar-refractivity contribution in [1.82, 2.24) is 0 Å². The minimum Gasteiger partial charge on any atom is -0.404 e. The molecule has 0 unspecified atom stereocenters. The zero-order valence-corrected chi connectivity index (χ0v) is 39.4. The van der Waals surface area contributed by atoms with Crippen LogP contribution in [0.25, 0.3) is 44.5 Å². The largest absolute Gasteiger partial charge is 0.573 e. The van der Waals surface area contributed by atoms with Gasteiger partial charge < -0.3 is 9.47 Å². The van der Waals surface area contributed by atoms with Gasteiger partial charge in [0.2, 0.25) is 0 Å². The van der Waals surface area contributed by atoms with E-state index >= 15 is 0 Å². The first-order valence-corrected chi connectivity index (χ1v) is 21.7. The van der Waals surface area contributed by atoms with Gasteiger partial charge in [-0.05, 0) is 234 Å². The molecule has 0 amide bonds. The number of hydrogen-bond acceptors (Lipinski definition) is 2. The SMILES string of the molecule is FC(F)(F)Oc1c(I)cc(-c2ccc(-c3ccc(Cc4ccc(-c5ccc(-c6cc(I)c(OC(F)(F)F)c(I)c6)c(I)c5)cc4)cc3)cc2I)cc1I. The molecule has 0 heterocycles. The third-order valence-electron chi connectivity index (χ3n) is 7.98. The second kappa shape index (κ2) is 17.2. The summed E-state index contributed by atoms with van der Waals surface area (Å²) in [5.74, 6) is -0.379. The normalized spacial score (nSPS) is 11.8. The molecular weight excluding hydrogens is 1380 g/mol. The van der Waals surface area contributed by atoms with Gasteiger partial charge in [-0.25, -0.2) is 0 Å². The van der Waals surface area contributed by atoms with Gasteiger partial charge in [-0.2, -0.15) is 0 Å². The summed E-state index contributed by atoms with van der Waals surface area (Å²) in [6, 6.07) is 35.8. The molecule has 0 saturated heterocycles. The van der Waals surface area contributed by atoms with Gasteiger partial charge in [0, 0.05) is 7.14 Å². The molecule has 0 atom stereocenters. The average molecular weight is 1400 g/mol. The number of rotatable bonds is 8. The van der Waals surface area contributed by atoms with Crippen LogP contribution in [0.1, 0.15) is 11.1 Å². The van der Waals surface area contributed by atoms with E-state index in [4.69, 9.17) is 0 Å². The molecule has 0 bridgehead atoms. The summed E-state index contributed by atoms with van der Waals surface area (Å²) in [5, 5.41) is 0. The van der Waals surface area contributed by atoms with Crippen LogP contribution in [0.4, 0.5) is 26.3 Å². The molecule has 0 spiro atoms. The molecule has 2 nitrogen and oxygen atoms in total. The topological polar surface area (TPSA) is 18.5 Å². The van der Waals surface area contributed by atoms with Gasteiger partial charge in [-0.1, -0.05) is 72.8 Å². The van der Waals surface area contributed by atoms with Crippen LogP contribution in [0.5, 0.6) is 11.5 Å². The molecule has 0 fully saturated rings. The van der Waals surface area contributed by atoms with Crippen LogP contribution in [0.3, 0.4) is 0 Å². The van der Waals surface area contributed by atoms with E-state index in [1.54, 1.807) is 24.3 Å². The molecule has 0 radical (unpaired) electrons. The Kier molecular flexibility index (Phi) is 13.4. The number of hydrogen-bond donors (Lipinski definition) is 0. The fourth-order valence-electron chi connectivity index (χ4n) is 5.58. The molecule has 272 valence electrons. The third kappa shape index (κ3) is 10.6. The van der Waals surface area contributed by atoms with Crippen molar-refractivity contribution in [3.05, 3.63) is 142 Å². The van der Waals surface area contributed by atoms with Crippen LogP contribution in [0.2, 0.25) is 0 Å². The fourth-order valence-corrected chi connectivity index (χ4v) is 11.2. The number of benzene rings is 6. The Balaban J connectivity index is 1.12. The maximum atomic E-state index is 12.9. The Morgan fingerprint density at radius 1 is 0.358 bits per heavy atom. The highest BCUT2D eigenvalue weighted by atomic mass is 127. The summed E-state index contributed by atoms with van der Waals surface area (Å²) in [6.07, 6.45) is -8.76. The predicted octanol–water partition coefficient (Wildman–Crippen LogP) is 15.4. The van der Waals surface area contributed by atoms with Crippen molar-refractivity contribution in [1.29, 1.82) is 0 Å². The highest BCUT2D eigenvalue weighted by molar-refractivity contribution is 14.1. The lowest BCUT2D eigenvalue weighted by Crippen LogP contribution is -2.18. The number of halogens is 12. The zero-order valence-electron chi connectivity index (χ0n) is 26.5. The Hall–Kier alpha value is -1.12. The maximum absolute atomic E-state index is 12.9. The number of ether oxygens (including phenoxy) is 2. The summed E-state index contributed by atoms with van der Waals surface area (Å²) in [6.45, 7) is 0. The van der Waals surface area contributed by atoms with E-state index in [1.165, 1.54) is 0 Å². The summed E-state index contributed by atoms with van der Waals surface area (Å²) in [5.41, 5.74) is 9.98. The van der Waals surface area contributed by atoms with Gasteiger partial charge in [0.25, 0.3) is 0 Å². The van der Waals surface area contributed by atoms with Crippen LogP contribution in [0.15, 0.2) is 109 Å². The number of alkyl halides is 6. The van der Waals surface area contributed by atoms with Crippen LogP contribution in [-0.2, 0) is 6.42 Å². The van der Waals surface area contributed by atoms with E-state index < -0.39 is 12.7 Å². The van der Waals surface area contributed by atoms with Gasteiger partial charge >= 0.3 is 12.7 Å². The van der Waals surface area contributed by atoms with Crippen LogP contribution >= 0.6 is 136 Å². The quantitative estimate of drug-likeness (QED) is 0.112. The molecule has 53 heavy (non-hydrogen) atoms. The first kappa shape index (κ1) is 41.5. The van der Waals surface area contributed by atoms with Crippen molar-refractivity contribution >= 4 is 136 Å². The van der Waals surface area contributed by atoms with Crippen molar-refractivity contribution in [2.24, 2.45) is 0 Å². The Morgan fingerprint density at radius 3 is 0.925 bits per heavy atom. The first-order valence-electron chi connectivity index (χ1n) is 15.2. The monoisotopic (exact) mass is 1400 g/mol. The van der Waals surface area contributed by atoms with Gasteiger partial charge in [0.05, 0.1) is 14.3 Å². The predicted molar refractivity (Wildman–Crippen MR) is 247 cm³/mol. The molecule has 0 N–H and O–H groups in total. The summed E-state index contributed by atoms with van der Waals surface area (Å²) < 4.78 is 89.1. The lowest BCUT2D eigenvalue weighted by atomic mass is 9.96. The van der Waals surface area contributed by atoms with Crippen molar-refractivity contribution in [3.8, 4) is 56.0 Å². The van der Waals surface area contributed by atoms with Crippen molar-refractivity contribution in [2.75, 3.05) is 0 Å². The first-order chi connectivity index (χ1) is 24.9. The second-order valence-corrected chi connectivity index (χ2v) is 18.6. The lowest BCUT2D eigenvalue weighted by molar-refractivity contribution is -0.276. The average Bonchev–Trinajstić information content (AvgIpc) is 3.07. The zero-order chi connectivity index (χ0) is 38.2.